The van der Waals surface area contributed by atoms with Crippen LogP contribution in [-0.4, -0.2) is 12.5 Å². The van der Waals surface area contributed by atoms with Crippen LogP contribution in [0.25, 0.3) is 0 Å². The second-order valence-corrected chi connectivity index (χ2v) is 7.14. The maximum absolute atomic E-state index is 13.5. The Morgan fingerprint density at radius 3 is 2.58 bits per heavy atom. The molecule has 1 atom stereocenters. The van der Waals surface area contributed by atoms with Gasteiger partial charge in [-0.25, -0.2) is 4.39 Å². The van der Waals surface area contributed by atoms with Gasteiger partial charge in [0.1, 0.15) is 11.2 Å². The minimum absolute atomic E-state index is 0.219. The van der Waals surface area contributed by atoms with E-state index in [-0.39, 0.29) is 11.8 Å². The van der Waals surface area contributed by atoms with E-state index in [4.69, 9.17) is 23.2 Å². The number of hydrogen-bond donors (Lipinski definition) is 0. The first-order valence-electron chi connectivity index (χ1n) is 8.46. The topological polar surface area (TPSA) is 20.3 Å². The number of carbonyl (C=O) groups excluding carboxylic acids is 1. The van der Waals surface area contributed by atoms with Gasteiger partial charge in [0.25, 0.3) is 0 Å². The van der Waals surface area contributed by atoms with E-state index in [0.717, 1.165) is 5.56 Å². The van der Waals surface area contributed by atoms with E-state index in [9.17, 15) is 9.18 Å². The summed E-state index contributed by atoms with van der Waals surface area (Å²) in [6.45, 7) is 6.34. The van der Waals surface area contributed by atoms with Crippen molar-refractivity contribution >= 4 is 34.8 Å². The summed E-state index contributed by atoms with van der Waals surface area (Å²) in [5, 5.41) is -0.316. The lowest BCUT2D eigenvalue weighted by Gasteiger charge is -2.25. The zero-order chi connectivity index (χ0) is 19.3. The summed E-state index contributed by atoms with van der Waals surface area (Å²) in [6, 6.07) is 11.3. The van der Waals surface area contributed by atoms with Gasteiger partial charge in [-0.05, 0) is 54.3 Å². The molecule has 0 fully saturated rings. The molecular formula is C21H22Cl2FNO. The second kappa shape index (κ2) is 9.20. The molecule has 0 N–H and O–H groups in total. The van der Waals surface area contributed by atoms with E-state index >= 15 is 0 Å². The van der Waals surface area contributed by atoms with Crippen molar-refractivity contribution in [3.63, 3.8) is 0 Å². The molecule has 0 aromatic heterocycles. The molecule has 2 aromatic carbocycles. The Kier molecular flexibility index (Phi) is 7.24. The van der Waals surface area contributed by atoms with Crippen molar-refractivity contribution < 1.29 is 9.18 Å². The first kappa shape index (κ1) is 20.5. The van der Waals surface area contributed by atoms with Gasteiger partial charge in [-0.1, -0.05) is 49.7 Å². The number of hydrogen-bond acceptors (Lipinski definition) is 1. The zero-order valence-electron chi connectivity index (χ0n) is 15.0. The van der Waals surface area contributed by atoms with Crippen LogP contribution >= 0.6 is 23.2 Å². The zero-order valence-corrected chi connectivity index (χ0v) is 16.6. The van der Waals surface area contributed by atoms with Crippen LogP contribution in [0, 0.1) is 5.82 Å². The van der Waals surface area contributed by atoms with Crippen molar-refractivity contribution in [2.75, 3.05) is 11.4 Å². The molecule has 0 aliphatic rings. The number of benzene rings is 2. The highest BCUT2D eigenvalue weighted by Crippen LogP contribution is 2.31. The average molecular weight is 394 g/mol. The third-order valence-electron chi connectivity index (χ3n) is 4.06. The van der Waals surface area contributed by atoms with Crippen LogP contribution in [0.3, 0.4) is 0 Å². The lowest BCUT2D eigenvalue weighted by molar-refractivity contribution is -0.118. The van der Waals surface area contributed by atoms with Crippen molar-refractivity contribution in [1.29, 1.82) is 0 Å². The van der Waals surface area contributed by atoms with Gasteiger partial charge < -0.3 is 4.90 Å². The van der Waals surface area contributed by atoms with Crippen molar-refractivity contribution in [3.05, 3.63) is 76.6 Å². The van der Waals surface area contributed by atoms with Gasteiger partial charge in [-0.2, -0.15) is 0 Å². The highest BCUT2D eigenvalue weighted by molar-refractivity contribution is 6.33. The minimum Gasteiger partial charge on any atom is -0.307 e. The van der Waals surface area contributed by atoms with Crippen molar-refractivity contribution in [2.24, 2.45) is 0 Å². The summed E-state index contributed by atoms with van der Waals surface area (Å²) in [5.74, 6) is -0.516. The Hall–Kier alpha value is -1.84. The fourth-order valence-corrected chi connectivity index (χ4v) is 3.21. The predicted octanol–water partition coefficient (Wildman–Crippen LogP) is 6.49. The monoisotopic (exact) mass is 393 g/mol. The third kappa shape index (κ3) is 4.87. The van der Waals surface area contributed by atoms with Crippen molar-refractivity contribution in [3.8, 4) is 0 Å². The molecule has 0 bridgehead atoms. The van der Waals surface area contributed by atoms with E-state index < -0.39 is 11.2 Å². The number of nitrogens with zero attached hydrogens (tertiary/aromatic N) is 1. The molecule has 138 valence electrons. The maximum atomic E-state index is 13.5. The molecule has 2 nitrogen and oxygen atoms in total. The molecule has 0 radical (unpaired) electrons. The number of halogens is 3. The van der Waals surface area contributed by atoms with E-state index in [2.05, 4.69) is 0 Å². The largest absolute Gasteiger partial charge is 0.307 e. The van der Waals surface area contributed by atoms with Gasteiger partial charge in [-0.15, -0.1) is 11.6 Å². The van der Waals surface area contributed by atoms with Gasteiger partial charge in [0, 0.05) is 17.3 Å². The van der Waals surface area contributed by atoms with Gasteiger partial charge >= 0.3 is 0 Å². The Bertz CT molecular complexity index is 804. The number of rotatable bonds is 6. The average Bonchev–Trinajstić information content (AvgIpc) is 2.62. The molecule has 0 saturated carbocycles. The Labute approximate surface area is 164 Å². The first-order valence-corrected chi connectivity index (χ1v) is 9.28. The summed E-state index contributed by atoms with van der Waals surface area (Å²) in [5.41, 5.74) is 2.10. The molecule has 0 heterocycles. The molecule has 5 heteroatoms. The van der Waals surface area contributed by atoms with E-state index in [1.54, 1.807) is 29.2 Å². The van der Waals surface area contributed by atoms with Crippen LogP contribution in [0.4, 0.5) is 10.1 Å². The summed E-state index contributed by atoms with van der Waals surface area (Å²) in [6.07, 6.45) is 3.74. The summed E-state index contributed by atoms with van der Waals surface area (Å²) in [4.78, 5) is 14.6. The highest BCUT2D eigenvalue weighted by Gasteiger charge is 2.25. The second-order valence-electron chi connectivity index (χ2n) is 6.30. The number of amides is 1. The van der Waals surface area contributed by atoms with Gasteiger partial charge in [0.15, 0.2) is 0 Å². The van der Waals surface area contributed by atoms with Gasteiger partial charge in [-0.3, -0.25) is 4.79 Å². The maximum Gasteiger partial charge on any atom is 0.249 e. The molecule has 1 amide bonds. The number of allylic oxidation sites excluding steroid dienone is 1. The van der Waals surface area contributed by atoms with Crippen molar-refractivity contribution in [1.82, 2.24) is 0 Å². The molecule has 0 saturated heterocycles. The SMILES string of the molecule is C/C=C/CN(C(=O)C(Cl)c1cccc(F)c1)c1ccc(Cl)c(C(C)C)c1. The molecule has 2 aromatic rings. The summed E-state index contributed by atoms with van der Waals surface area (Å²) in [7, 11) is 0. The molecule has 2 rings (SSSR count). The number of anilines is 1. The normalized spacial score (nSPS) is 12.6. The van der Waals surface area contributed by atoms with Crippen LogP contribution in [0.5, 0.6) is 0 Å². The molecule has 0 aliphatic carbocycles. The lowest BCUT2D eigenvalue weighted by atomic mass is 10.0. The Morgan fingerprint density at radius 2 is 1.96 bits per heavy atom. The third-order valence-corrected chi connectivity index (χ3v) is 4.84. The lowest BCUT2D eigenvalue weighted by Crippen LogP contribution is -2.34. The fourth-order valence-electron chi connectivity index (χ4n) is 2.62. The van der Waals surface area contributed by atoms with Crippen LogP contribution in [-0.2, 0) is 4.79 Å². The van der Waals surface area contributed by atoms with Crippen LogP contribution < -0.4 is 4.90 Å². The minimum atomic E-state index is -0.978. The van der Waals surface area contributed by atoms with Crippen LogP contribution in [0.1, 0.15) is 43.2 Å². The molecule has 1 unspecified atom stereocenters. The van der Waals surface area contributed by atoms with Crippen molar-refractivity contribution in [2.45, 2.75) is 32.1 Å². The van der Waals surface area contributed by atoms with E-state index in [1.807, 2.05) is 39.0 Å². The summed E-state index contributed by atoms with van der Waals surface area (Å²) < 4.78 is 13.5. The molecule has 26 heavy (non-hydrogen) atoms. The molecule has 0 spiro atoms. The Balaban J connectivity index is 2.40. The van der Waals surface area contributed by atoms with Gasteiger partial charge in [0.05, 0.1) is 0 Å². The molecular weight excluding hydrogens is 372 g/mol. The van der Waals surface area contributed by atoms with E-state index in [0.29, 0.717) is 22.8 Å². The van der Waals surface area contributed by atoms with E-state index in [1.165, 1.54) is 12.1 Å². The van der Waals surface area contributed by atoms with Gasteiger partial charge in [0.2, 0.25) is 5.91 Å². The predicted molar refractivity (Wildman–Crippen MR) is 108 cm³/mol. The van der Waals surface area contributed by atoms with Crippen LogP contribution in [0.15, 0.2) is 54.6 Å². The smallest absolute Gasteiger partial charge is 0.249 e. The first-order chi connectivity index (χ1) is 12.3. The Morgan fingerprint density at radius 1 is 1.23 bits per heavy atom. The fraction of sp³-hybridized carbons (Fsp3) is 0.286. The highest BCUT2D eigenvalue weighted by atomic mass is 35.5. The molecule has 0 aliphatic heterocycles. The quantitative estimate of drug-likeness (QED) is 0.405. The number of carbonyl (C=O) groups is 1. The summed E-state index contributed by atoms with van der Waals surface area (Å²) >= 11 is 12.6. The number of alkyl halides is 1. The van der Waals surface area contributed by atoms with Crippen LogP contribution in [0.2, 0.25) is 5.02 Å². The standard InChI is InChI=1S/C21H22Cl2FNO/c1-4-5-11-25(17-9-10-19(22)18(13-17)14(2)3)21(26)20(23)15-7-6-8-16(24)12-15/h4-10,12-14,20H,11H2,1-3H3/b5-4+.